The predicted octanol–water partition coefficient (Wildman–Crippen LogP) is 5.20. The van der Waals surface area contributed by atoms with Crippen molar-refractivity contribution >= 4 is 26.7 Å². The highest BCUT2D eigenvalue weighted by Gasteiger charge is 2.03. The summed E-state index contributed by atoms with van der Waals surface area (Å²) >= 11 is 3.47. The Kier molecular flexibility index (Phi) is 3.95. The largest absolute Gasteiger partial charge is 0.457 e. The molecule has 0 unspecified atom stereocenters. The molecule has 0 radical (unpaired) electrons. The number of hydrogen-bond acceptors (Lipinski definition) is 2. The molecule has 106 valence electrons. The first-order valence-electron chi connectivity index (χ1n) is 6.73. The van der Waals surface area contributed by atoms with Crippen molar-refractivity contribution in [3.8, 4) is 11.5 Å². The van der Waals surface area contributed by atoms with Crippen LogP contribution in [0.5, 0.6) is 11.5 Å². The number of rotatable bonds is 3. The van der Waals surface area contributed by atoms with Gasteiger partial charge in [0.05, 0.1) is 6.61 Å². The third kappa shape index (κ3) is 3.09. The first-order valence-corrected chi connectivity index (χ1v) is 7.52. The van der Waals surface area contributed by atoms with E-state index in [1.165, 1.54) is 5.39 Å². The highest BCUT2D eigenvalue weighted by atomic mass is 79.9. The summed E-state index contributed by atoms with van der Waals surface area (Å²) in [6, 6.07) is 17.9. The highest BCUT2D eigenvalue weighted by Crippen LogP contribution is 2.28. The predicted molar refractivity (Wildman–Crippen MR) is 88.8 cm³/mol. The Bertz CT molecular complexity index is 796. The van der Waals surface area contributed by atoms with Crippen LogP contribution >= 0.6 is 15.9 Å². The Balaban J connectivity index is 1.91. The molecule has 0 bridgehead atoms. The van der Waals surface area contributed by atoms with Gasteiger partial charge in [-0.05, 0) is 65.2 Å². The Morgan fingerprint density at radius 3 is 2.33 bits per heavy atom. The Morgan fingerprint density at radius 2 is 1.57 bits per heavy atom. The van der Waals surface area contributed by atoms with E-state index in [9.17, 15) is 5.11 Å². The van der Waals surface area contributed by atoms with Gasteiger partial charge in [-0.2, -0.15) is 0 Å². The molecule has 0 atom stereocenters. The molecular formula is C18H15BrO2. The smallest absolute Gasteiger partial charge is 0.128 e. The Hall–Kier alpha value is -1.84. The molecule has 0 heterocycles. The summed E-state index contributed by atoms with van der Waals surface area (Å²) in [7, 11) is 0. The second kappa shape index (κ2) is 5.88. The van der Waals surface area contributed by atoms with Gasteiger partial charge in [-0.25, -0.2) is 0 Å². The third-order valence-corrected chi connectivity index (χ3v) is 3.99. The number of aliphatic hydroxyl groups is 1. The number of hydrogen-bond donors (Lipinski definition) is 1. The van der Waals surface area contributed by atoms with Gasteiger partial charge in [-0.1, -0.05) is 34.1 Å². The fourth-order valence-corrected chi connectivity index (χ4v) is 2.68. The van der Waals surface area contributed by atoms with Gasteiger partial charge in [0.1, 0.15) is 11.5 Å². The van der Waals surface area contributed by atoms with Gasteiger partial charge < -0.3 is 9.84 Å². The van der Waals surface area contributed by atoms with Crippen molar-refractivity contribution < 1.29 is 9.84 Å². The second-order valence-corrected chi connectivity index (χ2v) is 5.92. The van der Waals surface area contributed by atoms with Gasteiger partial charge in [-0.15, -0.1) is 0 Å². The molecule has 0 aliphatic heterocycles. The SMILES string of the molecule is Cc1cc(Oc2ccc3cc(Br)ccc3c2)ccc1CO. The molecule has 0 spiro atoms. The van der Waals surface area contributed by atoms with Crippen LogP contribution in [-0.4, -0.2) is 5.11 Å². The van der Waals surface area contributed by atoms with Gasteiger partial charge in [0.25, 0.3) is 0 Å². The molecule has 0 fully saturated rings. The van der Waals surface area contributed by atoms with Crippen molar-refractivity contribution in [1.29, 1.82) is 0 Å². The summed E-state index contributed by atoms with van der Waals surface area (Å²) in [5.41, 5.74) is 1.95. The maximum Gasteiger partial charge on any atom is 0.128 e. The molecular weight excluding hydrogens is 328 g/mol. The van der Waals surface area contributed by atoms with Crippen LogP contribution in [0.2, 0.25) is 0 Å². The van der Waals surface area contributed by atoms with E-state index in [2.05, 4.69) is 28.1 Å². The standard InChI is InChI=1S/C18H15BrO2/c1-12-8-17(7-4-15(12)11-20)21-18-6-3-13-9-16(19)5-2-14(13)10-18/h2-10,20H,11H2,1H3. The molecule has 0 aliphatic carbocycles. The van der Waals surface area contributed by atoms with E-state index in [-0.39, 0.29) is 6.61 Å². The molecule has 3 heteroatoms. The van der Waals surface area contributed by atoms with Gasteiger partial charge >= 0.3 is 0 Å². The normalized spacial score (nSPS) is 10.8. The minimum Gasteiger partial charge on any atom is -0.457 e. The van der Waals surface area contributed by atoms with Crippen molar-refractivity contribution in [2.24, 2.45) is 0 Å². The summed E-state index contributed by atoms with van der Waals surface area (Å²) in [6.07, 6.45) is 0. The molecule has 0 aliphatic rings. The first-order chi connectivity index (χ1) is 10.2. The fourth-order valence-electron chi connectivity index (χ4n) is 2.30. The van der Waals surface area contributed by atoms with Crippen LogP contribution in [0.3, 0.4) is 0 Å². The van der Waals surface area contributed by atoms with Crippen molar-refractivity contribution in [3.63, 3.8) is 0 Å². The summed E-state index contributed by atoms with van der Waals surface area (Å²) in [5, 5.41) is 11.5. The van der Waals surface area contributed by atoms with E-state index in [1.54, 1.807) is 0 Å². The van der Waals surface area contributed by atoms with Crippen LogP contribution in [0.1, 0.15) is 11.1 Å². The van der Waals surface area contributed by atoms with E-state index in [4.69, 9.17) is 4.74 Å². The third-order valence-electron chi connectivity index (χ3n) is 3.49. The lowest BCUT2D eigenvalue weighted by atomic mass is 10.1. The quantitative estimate of drug-likeness (QED) is 0.709. The minimum absolute atomic E-state index is 0.0525. The number of ether oxygens (including phenoxy) is 1. The van der Waals surface area contributed by atoms with Gasteiger partial charge in [0.15, 0.2) is 0 Å². The van der Waals surface area contributed by atoms with Crippen molar-refractivity contribution in [1.82, 2.24) is 0 Å². The molecule has 0 amide bonds. The topological polar surface area (TPSA) is 29.5 Å². The van der Waals surface area contributed by atoms with E-state index in [0.29, 0.717) is 0 Å². The summed E-state index contributed by atoms with van der Waals surface area (Å²) in [4.78, 5) is 0. The van der Waals surface area contributed by atoms with Crippen LogP contribution in [0.4, 0.5) is 0 Å². The molecule has 3 rings (SSSR count). The monoisotopic (exact) mass is 342 g/mol. The number of fused-ring (bicyclic) bond motifs is 1. The van der Waals surface area contributed by atoms with Crippen molar-refractivity contribution in [3.05, 3.63) is 70.2 Å². The van der Waals surface area contributed by atoms with E-state index in [0.717, 1.165) is 32.5 Å². The molecule has 1 N–H and O–H groups in total. The first kappa shape index (κ1) is 14.1. The minimum atomic E-state index is 0.0525. The van der Waals surface area contributed by atoms with E-state index in [1.807, 2.05) is 49.4 Å². The lowest BCUT2D eigenvalue weighted by Crippen LogP contribution is -1.90. The van der Waals surface area contributed by atoms with Crippen LogP contribution in [0, 0.1) is 6.92 Å². The summed E-state index contributed by atoms with van der Waals surface area (Å²) in [5.74, 6) is 1.59. The summed E-state index contributed by atoms with van der Waals surface area (Å²) in [6.45, 7) is 2.02. The van der Waals surface area contributed by atoms with Gasteiger partial charge in [0, 0.05) is 4.47 Å². The van der Waals surface area contributed by atoms with E-state index >= 15 is 0 Å². The lowest BCUT2D eigenvalue weighted by Gasteiger charge is -2.09. The molecule has 0 saturated carbocycles. The average Bonchev–Trinajstić information content (AvgIpc) is 2.48. The van der Waals surface area contributed by atoms with Crippen LogP contribution in [0.25, 0.3) is 10.8 Å². The zero-order valence-electron chi connectivity index (χ0n) is 11.6. The van der Waals surface area contributed by atoms with Crippen molar-refractivity contribution in [2.75, 3.05) is 0 Å². The number of aliphatic hydroxyl groups excluding tert-OH is 1. The van der Waals surface area contributed by atoms with Crippen LogP contribution in [-0.2, 0) is 6.61 Å². The molecule has 3 aromatic rings. The molecule has 0 saturated heterocycles. The summed E-state index contributed by atoms with van der Waals surface area (Å²) < 4.78 is 6.97. The van der Waals surface area contributed by atoms with Gasteiger partial charge in [0.2, 0.25) is 0 Å². The zero-order chi connectivity index (χ0) is 14.8. The molecule has 3 aromatic carbocycles. The highest BCUT2D eigenvalue weighted by molar-refractivity contribution is 9.10. The van der Waals surface area contributed by atoms with Crippen LogP contribution in [0.15, 0.2) is 59.1 Å². The average molecular weight is 343 g/mol. The van der Waals surface area contributed by atoms with Gasteiger partial charge in [-0.3, -0.25) is 0 Å². The number of halogens is 1. The molecule has 2 nitrogen and oxygen atoms in total. The molecule has 0 aromatic heterocycles. The maximum atomic E-state index is 9.20. The zero-order valence-corrected chi connectivity index (χ0v) is 13.2. The molecule has 21 heavy (non-hydrogen) atoms. The Labute approximate surface area is 132 Å². The lowest BCUT2D eigenvalue weighted by molar-refractivity contribution is 0.281. The van der Waals surface area contributed by atoms with E-state index < -0.39 is 0 Å². The number of aryl methyl sites for hydroxylation is 1. The maximum absolute atomic E-state index is 9.20. The second-order valence-electron chi connectivity index (χ2n) is 5.00. The van der Waals surface area contributed by atoms with Crippen LogP contribution < -0.4 is 4.74 Å². The number of benzene rings is 3. The fraction of sp³-hybridized carbons (Fsp3) is 0.111. The van der Waals surface area contributed by atoms with Crippen molar-refractivity contribution in [2.45, 2.75) is 13.5 Å². The Morgan fingerprint density at radius 1 is 0.905 bits per heavy atom.